The van der Waals surface area contributed by atoms with Crippen LogP contribution in [0, 0.1) is 0 Å². The molecule has 0 aliphatic carbocycles. The Balaban J connectivity index is 2.40. The summed E-state index contributed by atoms with van der Waals surface area (Å²) in [7, 11) is -4.53. The van der Waals surface area contributed by atoms with E-state index in [1.54, 1.807) is 18.2 Å². The number of phosphoric acid groups is 1. The molecule has 1 aliphatic heterocycles. The first-order chi connectivity index (χ1) is 8.01. The van der Waals surface area contributed by atoms with E-state index in [2.05, 4.69) is 11.1 Å². The maximum absolute atomic E-state index is 10.8. The summed E-state index contributed by atoms with van der Waals surface area (Å²) in [6, 6.07) is 3.29. The van der Waals surface area contributed by atoms with E-state index in [1.807, 2.05) is 0 Å². The number of rotatable bonds is 4. The predicted octanol–water partition coefficient (Wildman–Crippen LogP) is 1.82. The van der Waals surface area contributed by atoms with E-state index < -0.39 is 7.82 Å². The third-order valence-electron chi connectivity index (χ3n) is 2.48. The number of hydrogen-bond donors (Lipinski definition) is 2. The Morgan fingerprint density at radius 1 is 1.53 bits per heavy atom. The maximum atomic E-state index is 10.8. The van der Waals surface area contributed by atoms with Crippen molar-refractivity contribution >= 4 is 7.82 Å². The van der Waals surface area contributed by atoms with Crippen LogP contribution in [-0.4, -0.2) is 16.4 Å². The third-order valence-corrected chi connectivity index (χ3v) is 2.91. The van der Waals surface area contributed by atoms with Crippen LogP contribution < -0.4 is 9.26 Å². The quantitative estimate of drug-likeness (QED) is 0.634. The van der Waals surface area contributed by atoms with E-state index in [0.29, 0.717) is 30.8 Å². The summed E-state index contributed by atoms with van der Waals surface area (Å²) in [5.74, 6) is 0.856. The molecule has 0 radical (unpaired) electrons. The Kier molecular flexibility index (Phi) is 3.24. The van der Waals surface area contributed by atoms with E-state index in [1.165, 1.54) is 0 Å². The lowest BCUT2D eigenvalue weighted by Gasteiger charge is -2.12. The van der Waals surface area contributed by atoms with Crippen LogP contribution in [0.15, 0.2) is 24.8 Å². The summed E-state index contributed by atoms with van der Waals surface area (Å²) in [6.45, 7) is 4.15. The maximum Gasteiger partial charge on any atom is 0.524 e. The van der Waals surface area contributed by atoms with Gasteiger partial charge in [-0.1, -0.05) is 12.1 Å². The van der Waals surface area contributed by atoms with Crippen LogP contribution in [0.3, 0.4) is 0 Å². The van der Waals surface area contributed by atoms with Gasteiger partial charge in [0, 0.05) is 12.0 Å². The predicted molar refractivity (Wildman–Crippen MR) is 62.2 cm³/mol. The Hall–Kier alpha value is -1.29. The second-order valence-corrected chi connectivity index (χ2v) is 4.87. The molecule has 0 saturated carbocycles. The molecule has 0 unspecified atom stereocenters. The minimum atomic E-state index is -4.53. The Morgan fingerprint density at radius 2 is 2.29 bits per heavy atom. The van der Waals surface area contributed by atoms with Gasteiger partial charge in [-0.05, 0) is 18.1 Å². The van der Waals surface area contributed by atoms with Gasteiger partial charge in [0.05, 0.1) is 6.61 Å². The molecule has 1 heterocycles. The summed E-state index contributed by atoms with van der Waals surface area (Å²) in [5.41, 5.74) is 1.67. The molecule has 0 fully saturated rings. The molecule has 0 bridgehead atoms. The molecule has 0 amide bonds. The number of phosphoric ester groups is 1. The second kappa shape index (κ2) is 4.53. The average Bonchev–Trinajstić information content (AvgIpc) is 2.69. The first kappa shape index (κ1) is 12.2. The number of benzene rings is 1. The summed E-state index contributed by atoms with van der Waals surface area (Å²) < 4.78 is 20.9. The summed E-state index contributed by atoms with van der Waals surface area (Å²) in [5, 5.41) is 0. The fraction of sp³-hybridized carbons (Fsp3) is 0.273. The first-order valence-electron chi connectivity index (χ1n) is 5.15. The lowest BCUT2D eigenvalue weighted by atomic mass is 10.0. The molecule has 1 aliphatic rings. The summed E-state index contributed by atoms with van der Waals surface area (Å²) in [4.78, 5) is 17.6. The Bertz CT molecular complexity index is 491. The fourth-order valence-corrected chi connectivity index (χ4v) is 2.29. The molecule has 0 saturated heterocycles. The normalized spacial score (nSPS) is 14.0. The molecule has 0 atom stereocenters. The minimum Gasteiger partial charge on any atom is -0.493 e. The smallest absolute Gasteiger partial charge is 0.493 e. The lowest BCUT2D eigenvalue weighted by Crippen LogP contribution is -1.95. The molecule has 0 aromatic heterocycles. The molecule has 92 valence electrons. The van der Waals surface area contributed by atoms with Crippen molar-refractivity contribution in [1.82, 2.24) is 0 Å². The van der Waals surface area contributed by atoms with Gasteiger partial charge in [0.2, 0.25) is 0 Å². The van der Waals surface area contributed by atoms with Gasteiger partial charge >= 0.3 is 7.82 Å². The van der Waals surface area contributed by atoms with Crippen LogP contribution >= 0.6 is 7.82 Å². The van der Waals surface area contributed by atoms with E-state index in [-0.39, 0.29) is 5.75 Å². The largest absolute Gasteiger partial charge is 0.524 e. The van der Waals surface area contributed by atoms with Crippen molar-refractivity contribution in [1.29, 1.82) is 0 Å². The Labute approximate surface area is 98.9 Å². The molecule has 2 rings (SSSR count). The van der Waals surface area contributed by atoms with Crippen LogP contribution in [0.25, 0.3) is 0 Å². The van der Waals surface area contributed by atoms with Crippen molar-refractivity contribution in [2.24, 2.45) is 0 Å². The van der Waals surface area contributed by atoms with Gasteiger partial charge in [-0.15, -0.1) is 6.58 Å². The Morgan fingerprint density at radius 3 is 2.94 bits per heavy atom. The molecule has 6 heteroatoms. The standard InChI is InChI=1S/C11H13O5P/c1-2-3-8-4-5-10(16-17(12,13)14)9-6-7-15-11(8)9/h2,4-5H,1,3,6-7H2,(H2,12,13,14). The third kappa shape index (κ3) is 2.69. The van der Waals surface area contributed by atoms with Gasteiger partial charge in [0.15, 0.2) is 0 Å². The topological polar surface area (TPSA) is 76.0 Å². The number of allylic oxidation sites excluding steroid dienone is 1. The van der Waals surface area contributed by atoms with Crippen molar-refractivity contribution in [3.63, 3.8) is 0 Å². The highest BCUT2D eigenvalue weighted by Gasteiger charge is 2.25. The highest BCUT2D eigenvalue weighted by Crippen LogP contribution is 2.44. The summed E-state index contributed by atoms with van der Waals surface area (Å²) in [6.07, 6.45) is 3.00. The SMILES string of the molecule is C=CCc1ccc(OP(=O)(O)O)c2c1OCC2. The van der Waals surface area contributed by atoms with Gasteiger partial charge in [-0.2, -0.15) is 0 Å². The van der Waals surface area contributed by atoms with E-state index in [0.717, 1.165) is 5.56 Å². The van der Waals surface area contributed by atoms with Crippen LogP contribution in [0.5, 0.6) is 11.5 Å². The molecular formula is C11H13O5P. The van der Waals surface area contributed by atoms with Gasteiger partial charge in [0.1, 0.15) is 11.5 Å². The molecule has 2 N–H and O–H groups in total. The average molecular weight is 256 g/mol. The van der Waals surface area contributed by atoms with Crippen molar-refractivity contribution in [2.75, 3.05) is 6.61 Å². The summed E-state index contributed by atoms with van der Waals surface area (Å²) >= 11 is 0. The van der Waals surface area contributed by atoms with Crippen molar-refractivity contribution in [2.45, 2.75) is 12.8 Å². The monoisotopic (exact) mass is 256 g/mol. The second-order valence-electron chi connectivity index (χ2n) is 3.70. The van der Waals surface area contributed by atoms with Gasteiger partial charge in [-0.3, -0.25) is 9.79 Å². The lowest BCUT2D eigenvalue weighted by molar-refractivity contribution is 0.282. The molecule has 5 nitrogen and oxygen atoms in total. The molecule has 1 aromatic rings. The zero-order valence-corrected chi connectivity index (χ0v) is 10.0. The van der Waals surface area contributed by atoms with Crippen LogP contribution in [0.2, 0.25) is 0 Å². The van der Waals surface area contributed by atoms with Crippen molar-refractivity contribution in [3.05, 3.63) is 35.9 Å². The molecular weight excluding hydrogens is 243 g/mol. The highest BCUT2D eigenvalue weighted by atomic mass is 31.2. The number of fused-ring (bicyclic) bond motifs is 1. The number of ether oxygens (including phenoxy) is 1. The van der Waals surface area contributed by atoms with Crippen molar-refractivity contribution < 1.29 is 23.6 Å². The van der Waals surface area contributed by atoms with E-state index in [9.17, 15) is 4.57 Å². The zero-order valence-electron chi connectivity index (χ0n) is 9.13. The molecule has 1 aromatic carbocycles. The van der Waals surface area contributed by atoms with Gasteiger partial charge in [-0.25, -0.2) is 4.57 Å². The number of hydrogen-bond acceptors (Lipinski definition) is 3. The van der Waals surface area contributed by atoms with Crippen LogP contribution in [-0.2, 0) is 17.4 Å². The zero-order chi connectivity index (χ0) is 12.5. The van der Waals surface area contributed by atoms with Gasteiger partial charge in [0.25, 0.3) is 0 Å². The minimum absolute atomic E-state index is 0.193. The van der Waals surface area contributed by atoms with Crippen LogP contribution in [0.1, 0.15) is 11.1 Å². The van der Waals surface area contributed by atoms with E-state index >= 15 is 0 Å². The first-order valence-corrected chi connectivity index (χ1v) is 6.68. The van der Waals surface area contributed by atoms with E-state index in [4.69, 9.17) is 14.5 Å². The molecule has 0 spiro atoms. The van der Waals surface area contributed by atoms with Crippen molar-refractivity contribution in [3.8, 4) is 11.5 Å². The fourth-order valence-electron chi connectivity index (χ4n) is 1.86. The van der Waals surface area contributed by atoms with Crippen LogP contribution in [0.4, 0.5) is 0 Å². The highest BCUT2D eigenvalue weighted by molar-refractivity contribution is 7.46. The van der Waals surface area contributed by atoms with Gasteiger partial charge < -0.3 is 9.26 Å². The molecule has 17 heavy (non-hydrogen) atoms.